The molecule has 0 spiro atoms. The SMILES string of the molecule is C=C1[C@@H](n2cnc3c(Cl)ncnc32)C[C@H](OC(=O)C(C)(C)C)[C@@]1(CF)COC(=O)C(C)(C)C. The molecule has 0 saturated heterocycles. The van der Waals surface area contributed by atoms with Gasteiger partial charge in [-0.25, -0.2) is 19.3 Å². The zero-order valence-electron chi connectivity index (χ0n) is 19.8. The largest absolute Gasteiger partial charge is 0.464 e. The third-order valence-corrected chi connectivity index (χ3v) is 6.20. The van der Waals surface area contributed by atoms with E-state index in [1.165, 1.54) is 12.7 Å². The van der Waals surface area contributed by atoms with Gasteiger partial charge in [0.2, 0.25) is 0 Å². The molecule has 8 nitrogen and oxygen atoms in total. The fourth-order valence-electron chi connectivity index (χ4n) is 3.72. The predicted molar refractivity (Wildman–Crippen MR) is 121 cm³/mol. The van der Waals surface area contributed by atoms with Crippen molar-refractivity contribution in [2.24, 2.45) is 16.2 Å². The monoisotopic (exact) mass is 480 g/mol. The minimum atomic E-state index is -1.42. The van der Waals surface area contributed by atoms with Gasteiger partial charge < -0.3 is 14.0 Å². The summed E-state index contributed by atoms with van der Waals surface area (Å²) in [6.07, 6.45) is 2.14. The Morgan fingerprint density at radius 2 is 1.82 bits per heavy atom. The van der Waals surface area contributed by atoms with Crippen LogP contribution >= 0.6 is 11.6 Å². The number of hydrogen-bond acceptors (Lipinski definition) is 7. The lowest BCUT2D eigenvalue weighted by molar-refractivity contribution is -0.170. The van der Waals surface area contributed by atoms with E-state index >= 15 is 0 Å². The van der Waals surface area contributed by atoms with Crippen LogP contribution < -0.4 is 0 Å². The van der Waals surface area contributed by atoms with E-state index in [2.05, 4.69) is 21.5 Å². The molecule has 10 heteroatoms. The van der Waals surface area contributed by atoms with E-state index in [1.54, 1.807) is 46.1 Å². The van der Waals surface area contributed by atoms with Crippen molar-refractivity contribution in [3.8, 4) is 0 Å². The minimum absolute atomic E-state index is 0.189. The Kier molecular flexibility index (Phi) is 6.59. The number of carbonyl (C=O) groups is 2. The van der Waals surface area contributed by atoms with Gasteiger partial charge >= 0.3 is 11.9 Å². The van der Waals surface area contributed by atoms with E-state index in [-0.39, 0.29) is 18.2 Å². The summed E-state index contributed by atoms with van der Waals surface area (Å²) in [5.74, 6) is -0.971. The first-order chi connectivity index (χ1) is 15.2. The Balaban J connectivity index is 2.03. The van der Waals surface area contributed by atoms with Crippen LogP contribution in [0.5, 0.6) is 0 Å². The number of carbonyl (C=O) groups excluding carboxylic acids is 2. The number of halogens is 2. The van der Waals surface area contributed by atoms with Crippen LogP contribution in [0.2, 0.25) is 5.15 Å². The molecule has 180 valence electrons. The van der Waals surface area contributed by atoms with Crippen LogP contribution in [-0.2, 0) is 19.1 Å². The van der Waals surface area contributed by atoms with Crippen molar-refractivity contribution in [3.05, 3.63) is 30.0 Å². The molecule has 2 aromatic rings. The molecule has 0 bridgehead atoms. The van der Waals surface area contributed by atoms with Crippen molar-refractivity contribution < 1.29 is 23.5 Å². The van der Waals surface area contributed by atoms with Gasteiger partial charge in [0.05, 0.1) is 28.6 Å². The molecule has 3 rings (SSSR count). The van der Waals surface area contributed by atoms with Gasteiger partial charge in [-0.2, -0.15) is 0 Å². The first-order valence-electron chi connectivity index (χ1n) is 10.7. The second-order valence-corrected chi connectivity index (χ2v) is 10.9. The molecule has 0 aromatic carbocycles. The predicted octanol–water partition coefficient (Wildman–Crippen LogP) is 4.48. The van der Waals surface area contributed by atoms with Gasteiger partial charge in [0.15, 0.2) is 10.8 Å². The van der Waals surface area contributed by atoms with Crippen LogP contribution in [0.1, 0.15) is 54.0 Å². The van der Waals surface area contributed by atoms with Crippen LogP contribution in [-0.4, -0.2) is 50.8 Å². The van der Waals surface area contributed by atoms with Crippen molar-refractivity contribution >= 4 is 34.7 Å². The van der Waals surface area contributed by atoms with Crippen LogP contribution in [0, 0.1) is 16.2 Å². The maximum absolute atomic E-state index is 14.8. The van der Waals surface area contributed by atoms with E-state index in [0.29, 0.717) is 16.7 Å². The third-order valence-electron chi connectivity index (χ3n) is 5.92. The summed E-state index contributed by atoms with van der Waals surface area (Å²) in [5.41, 5.74) is -1.72. The number of hydrogen-bond donors (Lipinski definition) is 0. The van der Waals surface area contributed by atoms with Gasteiger partial charge in [0.25, 0.3) is 0 Å². The number of imidazole rings is 1. The summed E-state index contributed by atoms with van der Waals surface area (Å²) in [6.45, 7) is 13.2. The molecule has 33 heavy (non-hydrogen) atoms. The highest BCUT2D eigenvalue weighted by Gasteiger charge is 2.55. The van der Waals surface area contributed by atoms with Gasteiger partial charge in [-0.1, -0.05) is 18.2 Å². The molecule has 0 aliphatic heterocycles. The number of aromatic nitrogens is 4. The fraction of sp³-hybridized carbons (Fsp3) is 0.609. The molecule has 0 radical (unpaired) electrons. The number of esters is 2. The smallest absolute Gasteiger partial charge is 0.311 e. The lowest BCUT2D eigenvalue weighted by atomic mass is 9.82. The van der Waals surface area contributed by atoms with Crippen LogP contribution in [0.25, 0.3) is 11.2 Å². The fourth-order valence-corrected chi connectivity index (χ4v) is 3.89. The van der Waals surface area contributed by atoms with E-state index < -0.39 is 47.0 Å². The Bertz CT molecular complexity index is 1090. The number of fused-ring (bicyclic) bond motifs is 1. The summed E-state index contributed by atoms with van der Waals surface area (Å²) < 4.78 is 27.9. The molecule has 1 aliphatic rings. The Labute approximate surface area is 197 Å². The first-order valence-corrected chi connectivity index (χ1v) is 11.1. The standard InChI is InChI=1S/C23H30ClFN4O4/c1-13-14(29-12-28-16-17(24)26-11-27-18(16)29)8-15(33-20(31)22(5,6)7)23(13,9-25)10-32-19(30)21(2,3)4/h11-12,14-15H,1,8-10H2,2-7H3/t14-,15-,23-/m0/s1. The molecule has 2 heterocycles. The van der Waals surface area contributed by atoms with Crippen LogP contribution in [0.4, 0.5) is 4.39 Å². The maximum atomic E-state index is 14.8. The topological polar surface area (TPSA) is 96.2 Å². The Hall–Kier alpha value is -2.55. The number of rotatable bonds is 5. The zero-order chi connectivity index (χ0) is 24.8. The van der Waals surface area contributed by atoms with E-state index in [0.717, 1.165) is 0 Å². The molecule has 1 saturated carbocycles. The molecule has 0 unspecified atom stereocenters. The highest BCUT2D eigenvalue weighted by Crippen LogP contribution is 2.51. The first kappa shape index (κ1) is 25.1. The highest BCUT2D eigenvalue weighted by molar-refractivity contribution is 6.33. The normalized spacial score (nSPS) is 23.7. The summed E-state index contributed by atoms with van der Waals surface area (Å²) in [6, 6.07) is -0.511. The Morgan fingerprint density at radius 3 is 2.39 bits per heavy atom. The number of nitrogens with zero attached hydrogens (tertiary/aromatic N) is 4. The van der Waals surface area contributed by atoms with Gasteiger partial charge in [0.1, 0.15) is 31.2 Å². The summed E-state index contributed by atoms with van der Waals surface area (Å²) >= 11 is 6.14. The molecule has 2 aromatic heterocycles. The maximum Gasteiger partial charge on any atom is 0.311 e. The van der Waals surface area contributed by atoms with Crippen molar-refractivity contribution in [2.45, 2.75) is 60.1 Å². The number of alkyl halides is 1. The average Bonchev–Trinajstić information content (AvgIpc) is 3.25. The van der Waals surface area contributed by atoms with Crippen molar-refractivity contribution in [2.75, 3.05) is 13.3 Å². The molecular formula is C23H30ClFN4O4. The minimum Gasteiger partial charge on any atom is -0.464 e. The quantitative estimate of drug-likeness (QED) is 0.353. The van der Waals surface area contributed by atoms with E-state index in [9.17, 15) is 14.0 Å². The van der Waals surface area contributed by atoms with Gasteiger partial charge in [-0.3, -0.25) is 9.59 Å². The van der Waals surface area contributed by atoms with Crippen molar-refractivity contribution in [1.29, 1.82) is 0 Å². The van der Waals surface area contributed by atoms with Crippen LogP contribution in [0.15, 0.2) is 24.8 Å². The van der Waals surface area contributed by atoms with E-state index in [4.69, 9.17) is 21.1 Å². The summed E-state index contributed by atoms with van der Waals surface area (Å²) in [5, 5.41) is 0.189. The van der Waals surface area contributed by atoms with Gasteiger partial charge in [-0.15, -0.1) is 0 Å². The summed E-state index contributed by atoms with van der Waals surface area (Å²) in [7, 11) is 0. The molecule has 0 N–H and O–H groups in total. The third kappa shape index (κ3) is 4.60. The highest BCUT2D eigenvalue weighted by atomic mass is 35.5. The molecule has 0 amide bonds. The van der Waals surface area contributed by atoms with Crippen molar-refractivity contribution in [1.82, 2.24) is 19.5 Å². The van der Waals surface area contributed by atoms with Gasteiger partial charge in [-0.05, 0) is 47.1 Å². The van der Waals surface area contributed by atoms with Crippen molar-refractivity contribution in [3.63, 3.8) is 0 Å². The lowest BCUT2D eigenvalue weighted by Gasteiger charge is -2.35. The second-order valence-electron chi connectivity index (χ2n) is 10.5. The van der Waals surface area contributed by atoms with Crippen LogP contribution in [0.3, 0.4) is 0 Å². The second kappa shape index (κ2) is 8.66. The lowest BCUT2D eigenvalue weighted by Crippen LogP contribution is -2.44. The molecule has 1 fully saturated rings. The Morgan fingerprint density at radius 1 is 1.18 bits per heavy atom. The zero-order valence-corrected chi connectivity index (χ0v) is 20.6. The molecular weight excluding hydrogens is 451 g/mol. The van der Waals surface area contributed by atoms with E-state index in [1.807, 2.05) is 0 Å². The van der Waals surface area contributed by atoms with Gasteiger partial charge in [0, 0.05) is 6.42 Å². The average molecular weight is 481 g/mol. The molecule has 3 atom stereocenters. The number of ether oxygens (including phenoxy) is 2. The summed E-state index contributed by atoms with van der Waals surface area (Å²) in [4.78, 5) is 37.7. The molecule has 1 aliphatic carbocycles.